The monoisotopic (exact) mass is 267 g/mol. The van der Waals surface area contributed by atoms with E-state index in [0.717, 1.165) is 25.2 Å². The van der Waals surface area contributed by atoms with Gasteiger partial charge < -0.3 is 10.5 Å². The van der Waals surface area contributed by atoms with Crippen LogP contribution in [0.2, 0.25) is 0 Å². The first-order valence-electron chi connectivity index (χ1n) is 8.02. The van der Waals surface area contributed by atoms with Gasteiger partial charge >= 0.3 is 5.97 Å². The van der Waals surface area contributed by atoms with Crippen molar-refractivity contribution >= 4 is 5.97 Å². The van der Waals surface area contributed by atoms with Gasteiger partial charge in [-0.2, -0.15) is 0 Å². The quantitative estimate of drug-likeness (QED) is 0.778. The van der Waals surface area contributed by atoms with Crippen molar-refractivity contribution in [1.29, 1.82) is 0 Å². The molecule has 0 spiro atoms. The number of rotatable bonds is 5. The normalized spacial score (nSPS) is 30.6. The summed E-state index contributed by atoms with van der Waals surface area (Å²) in [6.07, 6.45) is 9.46. The van der Waals surface area contributed by atoms with Gasteiger partial charge in [-0.25, -0.2) is 0 Å². The Balaban J connectivity index is 1.79. The van der Waals surface area contributed by atoms with Gasteiger partial charge in [0.05, 0.1) is 5.92 Å². The fourth-order valence-electron chi connectivity index (χ4n) is 3.65. The molecular formula is C16H29NO2. The van der Waals surface area contributed by atoms with Gasteiger partial charge in [0.1, 0.15) is 6.10 Å². The van der Waals surface area contributed by atoms with Crippen molar-refractivity contribution < 1.29 is 9.53 Å². The maximum Gasteiger partial charge on any atom is 0.309 e. The Morgan fingerprint density at radius 1 is 1.21 bits per heavy atom. The van der Waals surface area contributed by atoms with Gasteiger partial charge in [0, 0.05) is 6.04 Å². The number of hydrogen-bond acceptors (Lipinski definition) is 3. The summed E-state index contributed by atoms with van der Waals surface area (Å²) < 4.78 is 5.51. The first-order valence-corrected chi connectivity index (χ1v) is 8.02. The zero-order chi connectivity index (χ0) is 13.8. The van der Waals surface area contributed by atoms with Crippen molar-refractivity contribution in [3.05, 3.63) is 0 Å². The summed E-state index contributed by atoms with van der Waals surface area (Å²) in [7, 11) is 0. The number of nitrogens with two attached hydrogens (primary N) is 1. The minimum absolute atomic E-state index is 0.0159. The van der Waals surface area contributed by atoms with Crippen LogP contribution in [-0.4, -0.2) is 18.1 Å². The van der Waals surface area contributed by atoms with Crippen LogP contribution in [0.25, 0.3) is 0 Å². The zero-order valence-corrected chi connectivity index (χ0v) is 12.4. The Morgan fingerprint density at radius 2 is 1.89 bits per heavy atom. The van der Waals surface area contributed by atoms with E-state index in [2.05, 4.69) is 13.8 Å². The molecule has 110 valence electrons. The van der Waals surface area contributed by atoms with Crippen LogP contribution in [0.5, 0.6) is 0 Å². The molecule has 1 aliphatic carbocycles. The fraction of sp³-hybridized carbons (Fsp3) is 0.938. The molecular weight excluding hydrogens is 238 g/mol. The van der Waals surface area contributed by atoms with Crippen molar-refractivity contribution in [2.24, 2.45) is 23.5 Å². The Morgan fingerprint density at radius 3 is 2.53 bits per heavy atom. The Bertz CT molecular complexity index is 297. The highest BCUT2D eigenvalue weighted by atomic mass is 16.6. The van der Waals surface area contributed by atoms with Crippen LogP contribution >= 0.6 is 0 Å². The number of cyclic esters (lactones) is 1. The Labute approximate surface area is 117 Å². The van der Waals surface area contributed by atoms with E-state index in [1.54, 1.807) is 0 Å². The van der Waals surface area contributed by atoms with E-state index in [4.69, 9.17) is 10.5 Å². The summed E-state index contributed by atoms with van der Waals surface area (Å²) in [6.45, 7) is 4.31. The lowest BCUT2D eigenvalue weighted by Crippen LogP contribution is -2.36. The molecule has 3 heteroatoms. The summed E-state index contributed by atoms with van der Waals surface area (Å²) in [4.78, 5) is 11.8. The smallest absolute Gasteiger partial charge is 0.309 e. The Hall–Kier alpha value is -0.570. The molecule has 2 N–H and O–H groups in total. The minimum Gasteiger partial charge on any atom is -0.460 e. The van der Waals surface area contributed by atoms with Crippen LogP contribution < -0.4 is 5.73 Å². The Kier molecular flexibility index (Phi) is 5.26. The molecule has 0 aromatic carbocycles. The highest BCUT2D eigenvalue weighted by Gasteiger charge is 2.38. The van der Waals surface area contributed by atoms with Gasteiger partial charge in [-0.3, -0.25) is 4.79 Å². The second kappa shape index (κ2) is 6.74. The number of carbonyl (C=O) groups is 1. The van der Waals surface area contributed by atoms with Gasteiger partial charge in [-0.15, -0.1) is 0 Å². The summed E-state index contributed by atoms with van der Waals surface area (Å²) in [5, 5.41) is 0. The molecule has 1 heterocycles. The number of hydrogen-bond donors (Lipinski definition) is 1. The molecule has 0 amide bonds. The maximum absolute atomic E-state index is 11.8. The molecule has 0 radical (unpaired) electrons. The summed E-state index contributed by atoms with van der Waals surface area (Å²) >= 11 is 0. The van der Waals surface area contributed by atoms with Crippen molar-refractivity contribution in [3.8, 4) is 0 Å². The maximum atomic E-state index is 11.8. The molecule has 0 bridgehead atoms. The third kappa shape index (κ3) is 4.20. The van der Waals surface area contributed by atoms with Gasteiger partial charge in [0.2, 0.25) is 0 Å². The molecule has 2 aliphatic rings. The van der Waals surface area contributed by atoms with Gasteiger partial charge in [-0.1, -0.05) is 46.0 Å². The summed E-state index contributed by atoms with van der Waals surface area (Å²) in [5.74, 6) is 1.37. The highest BCUT2D eigenvalue weighted by molar-refractivity contribution is 5.74. The minimum atomic E-state index is -0.0295. The predicted octanol–water partition coefficient (Wildman–Crippen LogP) is 3.26. The first kappa shape index (κ1) is 14.8. The molecule has 1 saturated carbocycles. The second-order valence-corrected chi connectivity index (χ2v) is 6.94. The zero-order valence-electron chi connectivity index (χ0n) is 12.4. The molecule has 3 atom stereocenters. The van der Waals surface area contributed by atoms with E-state index in [1.807, 2.05) is 0 Å². The average Bonchev–Trinajstić information content (AvgIpc) is 2.71. The van der Waals surface area contributed by atoms with E-state index in [1.165, 1.54) is 32.1 Å². The molecule has 3 unspecified atom stereocenters. The van der Waals surface area contributed by atoms with Gasteiger partial charge in [-0.05, 0) is 31.1 Å². The number of carbonyl (C=O) groups excluding carboxylic acids is 1. The molecule has 0 aromatic rings. The van der Waals surface area contributed by atoms with Crippen molar-refractivity contribution in [2.75, 3.05) is 0 Å². The molecule has 2 fully saturated rings. The van der Waals surface area contributed by atoms with Gasteiger partial charge in [0.15, 0.2) is 0 Å². The van der Waals surface area contributed by atoms with Crippen LogP contribution in [0.4, 0.5) is 0 Å². The largest absolute Gasteiger partial charge is 0.460 e. The van der Waals surface area contributed by atoms with Crippen molar-refractivity contribution in [1.82, 2.24) is 0 Å². The van der Waals surface area contributed by atoms with E-state index in [0.29, 0.717) is 5.92 Å². The van der Waals surface area contributed by atoms with Crippen LogP contribution in [0.3, 0.4) is 0 Å². The standard InChI is InChI=1S/C16H29NO2/c1-11(2)8-13-10-15(19-16(13)18)14(17)9-12-6-4-3-5-7-12/h11-15H,3-10,17H2,1-2H3. The molecule has 3 nitrogen and oxygen atoms in total. The summed E-state index contributed by atoms with van der Waals surface area (Å²) in [6, 6.07) is 0.0456. The predicted molar refractivity (Wildman–Crippen MR) is 76.6 cm³/mol. The molecule has 2 rings (SSSR count). The number of ether oxygens (including phenoxy) is 1. The van der Waals surface area contributed by atoms with E-state index in [-0.39, 0.29) is 24.0 Å². The van der Waals surface area contributed by atoms with Crippen LogP contribution in [0.15, 0.2) is 0 Å². The van der Waals surface area contributed by atoms with Crippen LogP contribution in [0, 0.1) is 17.8 Å². The topological polar surface area (TPSA) is 52.3 Å². The van der Waals surface area contributed by atoms with Gasteiger partial charge in [0.25, 0.3) is 0 Å². The fourth-order valence-corrected chi connectivity index (χ4v) is 3.65. The molecule has 1 aliphatic heterocycles. The lowest BCUT2D eigenvalue weighted by atomic mass is 9.83. The lowest BCUT2D eigenvalue weighted by molar-refractivity contribution is -0.145. The molecule has 1 saturated heterocycles. The molecule has 19 heavy (non-hydrogen) atoms. The van der Waals surface area contributed by atoms with E-state index < -0.39 is 0 Å². The van der Waals surface area contributed by atoms with Crippen LogP contribution in [0.1, 0.15) is 65.2 Å². The van der Waals surface area contributed by atoms with Crippen molar-refractivity contribution in [3.63, 3.8) is 0 Å². The second-order valence-electron chi connectivity index (χ2n) is 6.94. The summed E-state index contributed by atoms with van der Waals surface area (Å²) in [5.41, 5.74) is 6.29. The van der Waals surface area contributed by atoms with E-state index >= 15 is 0 Å². The third-order valence-corrected chi connectivity index (χ3v) is 4.68. The molecule has 0 aromatic heterocycles. The van der Waals surface area contributed by atoms with Crippen LogP contribution in [-0.2, 0) is 9.53 Å². The highest BCUT2D eigenvalue weighted by Crippen LogP contribution is 2.32. The third-order valence-electron chi connectivity index (χ3n) is 4.68. The first-order chi connectivity index (χ1) is 9.06. The average molecular weight is 267 g/mol. The SMILES string of the molecule is CC(C)CC1CC(C(N)CC2CCCCC2)OC1=O. The number of esters is 1. The lowest BCUT2D eigenvalue weighted by Gasteiger charge is -2.26. The van der Waals surface area contributed by atoms with E-state index in [9.17, 15) is 4.79 Å². The van der Waals surface area contributed by atoms with Crippen molar-refractivity contribution in [2.45, 2.75) is 77.4 Å².